The van der Waals surface area contributed by atoms with Gasteiger partial charge in [-0.15, -0.1) is 11.3 Å². The van der Waals surface area contributed by atoms with Gasteiger partial charge < -0.3 is 0 Å². The zero-order valence-electron chi connectivity index (χ0n) is 7.20. The topological polar surface area (TPSA) is 12.9 Å². The van der Waals surface area contributed by atoms with Crippen LogP contribution in [0.5, 0.6) is 0 Å². The van der Waals surface area contributed by atoms with Gasteiger partial charge in [-0.05, 0) is 23.6 Å². The van der Waals surface area contributed by atoms with Gasteiger partial charge in [-0.25, -0.2) is 4.98 Å². The number of halogens is 1. The van der Waals surface area contributed by atoms with Gasteiger partial charge in [0.15, 0.2) is 0 Å². The Hall–Kier alpha value is -0.930. The van der Waals surface area contributed by atoms with Crippen molar-refractivity contribution in [1.29, 1.82) is 0 Å². The van der Waals surface area contributed by atoms with Crippen molar-refractivity contribution in [3.63, 3.8) is 0 Å². The van der Waals surface area contributed by atoms with E-state index in [9.17, 15) is 0 Å². The summed E-state index contributed by atoms with van der Waals surface area (Å²) in [7, 11) is 0. The molecule has 0 aliphatic carbocycles. The standard InChI is InChI=1S/C11H6BrNS/c12-8-3-1-7-2-4-10-11(9(7)5-8)14-6-13-10/h1-6H. The van der Waals surface area contributed by atoms with E-state index in [1.807, 2.05) is 5.51 Å². The predicted molar refractivity (Wildman–Crippen MR) is 64.8 cm³/mol. The molecule has 0 fully saturated rings. The Morgan fingerprint density at radius 2 is 2.00 bits per heavy atom. The van der Waals surface area contributed by atoms with Crippen molar-refractivity contribution >= 4 is 48.3 Å². The van der Waals surface area contributed by atoms with Gasteiger partial charge in [0.2, 0.25) is 0 Å². The number of thiazole rings is 1. The summed E-state index contributed by atoms with van der Waals surface area (Å²) in [6, 6.07) is 10.5. The first kappa shape index (κ1) is 8.38. The van der Waals surface area contributed by atoms with Crippen molar-refractivity contribution in [3.05, 3.63) is 40.3 Å². The highest BCUT2D eigenvalue weighted by Crippen LogP contribution is 2.29. The summed E-state index contributed by atoms with van der Waals surface area (Å²) in [5.41, 5.74) is 2.98. The number of hydrogen-bond donors (Lipinski definition) is 0. The monoisotopic (exact) mass is 263 g/mol. The van der Waals surface area contributed by atoms with E-state index in [1.165, 1.54) is 15.5 Å². The van der Waals surface area contributed by atoms with Gasteiger partial charge >= 0.3 is 0 Å². The Bertz CT molecular complexity index is 615. The van der Waals surface area contributed by atoms with Gasteiger partial charge in [0.05, 0.1) is 15.7 Å². The first-order valence-electron chi connectivity index (χ1n) is 4.26. The van der Waals surface area contributed by atoms with Gasteiger partial charge in [0.25, 0.3) is 0 Å². The lowest BCUT2D eigenvalue weighted by Gasteiger charge is -1.98. The van der Waals surface area contributed by atoms with Crippen molar-refractivity contribution < 1.29 is 0 Å². The molecule has 68 valence electrons. The molecule has 3 aromatic rings. The van der Waals surface area contributed by atoms with E-state index in [4.69, 9.17) is 0 Å². The third-order valence-corrected chi connectivity index (χ3v) is 3.64. The quantitative estimate of drug-likeness (QED) is 0.592. The molecule has 0 aliphatic heterocycles. The lowest BCUT2D eigenvalue weighted by atomic mass is 10.1. The van der Waals surface area contributed by atoms with E-state index in [1.54, 1.807) is 11.3 Å². The van der Waals surface area contributed by atoms with Crippen LogP contribution in [0.4, 0.5) is 0 Å². The van der Waals surface area contributed by atoms with E-state index < -0.39 is 0 Å². The van der Waals surface area contributed by atoms with E-state index in [0.29, 0.717) is 0 Å². The van der Waals surface area contributed by atoms with Crippen molar-refractivity contribution in [3.8, 4) is 0 Å². The molecule has 0 spiro atoms. The van der Waals surface area contributed by atoms with E-state index >= 15 is 0 Å². The van der Waals surface area contributed by atoms with Crippen LogP contribution in [0, 0.1) is 0 Å². The molecule has 1 nitrogen and oxygen atoms in total. The van der Waals surface area contributed by atoms with Crippen LogP contribution in [-0.4, -0.2) is 4.98 Å². The van der Waals surface area contributed by atoms with Crippen molar-refractivity contribution in [2.24, 2.45) is 0 Å². The van der Waals surface area contributed by atoms with Crippen molar-refractivity contribution in [2.45, 2.75) is 0 Å². The van der Waals surface area contributed by atoms with Crippen LogP contribution in [0.2, 0.25) is 0 Å². The van der Waals surface area contributed by atoms with E-state index in [-0.39, 0.29) is 0 Å². The number of rotatable bonds is 0. The molecule has 14 heavy (non-hydrogen) atoms. The molecule has 0 radical (unpaired) electrons. The third-order valence-electron chi connectivity index (χ3n) is 2.28. The molecule has 3 heteroatoms. The van der Waals surface area contributed by atoms with Crippen molar-refractivity contribution in [1.82, 2.24) is 4.98 Å². The second-order valence-electron chi connectivity index (χ2n) is 3.13. The second-order valence-corrected chi connectivity index (χ2v) is 4.90. The minimum absolute atomic E-state index is 1.08. The van der Waals surface area contributed by atoms with Crippen molar-refractivity contribution in [2.75, 3.05) is 0 Å². The maximum atomic E-state index is 4.30. The highest BCUT2D eigenvalue weighted by Gasteiger charge is 2.02. The highest BCUT2D eigenvalue weighted by atomic mass is 79.9. The maximum Gasteiger partial charge on any atom is 0.0818 e. The second kappa shape index (κ2) is 3.04. The summed E-state index contributed by atoms with van der Waals surface area (Å²) in [5.74, 6) is 0. The molecule has 1 aromatic heterocycles. The molecular weight excluding hydrogens is 258 g/mol. The molecule has 0 saturated carbocycles. The Kier molecular flexibility index (Phi) is 1.82. The number of hydrogen-bond acceptors (Lipinski definition) is 2. The third kappa shape index (κ3) is 1.16. The molecule has 3 rings (SSSR count). The summed E-state index contributed by atoms with van der Waals surface area (Å²) in [4.78, 5) is 4.30. The molecular formula is C11H6BrNS. The maximum absolute atomic E-state index is 4.30. The number of benzene rings is 2. The van der Waals surface area contributed by atoms with Gasteiger partial charge in [0, 0.05) is 9.86 Å². The van der Waals surface area contributed by atoms with Crippen LogP contribution in [0.1, 0.15) is 0 Å². The minimum atomic E-state index is 1.08. The molecule has 0 atom stereocenters. The SMILES string of the molecule is Brc1ccc2ccc3ncsc3c2c1. The Balaban J connectivity index is 2.60. The average molecular weight is 264 g/mol. The van der Waals surface area contributed by atoms with Gasteiger partial charge in [-0.2, -0.15) is 0 Å². The van der Waals surface area contributed by atoms with Crippen LogP contribution < -0.4 is 0 Å². The molecule has 0 N–H and O–H groups in total. The number of nitrogens with zero attached hydrogens (tertiary/aromatic N) is 1. The van der Waals surface area contributed by atoms with Gasteiger partial charge in [-0.3, -0.25) is 0 Å². The van der Waals surface area contributed by atoms with Crippen LogP contribution in [-0.2, 0) is 0 Å². The Labute approximate surface area is 93.5 Å². The molecule has 0 unspecified atom stereocenters. The first-order valence-corrected chi connectivity index (χ1v) is 5.93. The Morgan fingerprint density at radius 3 is 2.93 bits per heavy atom. The molecule has 0 bridgehead atoms. The summed E-state index contributed by atoms with van der Waals surface area (Å²) in [5, 5.41) is 2.55. The number of fused-ring (bicyclic) bond motifs is 3. The normalized spacial score (nSPS) is 11.2. The van der Waals surface area contributed by atoms with Gasteiger partial charge in [0.1, 0.15) is 0 Å². The lowest BCUT2D eigenvalue weighted by Crippen LogP contribution is -1.73. The summed E-state index contributed by atoms with van der Waals surface area (Å²) < 4.78 is 2.38. The predicted octanol–water partition coefficient (Wildman–Crippen LogP) is 4.21. The largest absolute Gasteiger partial charge is 0.245 e. The average Bonchev–Trinajstić information content (AvgIpc) is 2.65. The Morgan fingerprint density at radius 1 is 1.14 bits per heavy atom. The van der Waals surface area contributed by atoms with Crippen LogP contribution in [0.25, 0.3) is 21.0 Å². The minimum Gasteiger partial charge on any atom is -0.245 e. The zero-order chi connectivity index (χ0) is 9.54. The molecule has 0 aliphatic rings. The fourth-order valence-corrected chi connectivity index (χ4v) is 2.79. The number of aromatic nitrogens is 1. The molecule has 0 amide bonds. The fourth-order valence-electron chi connectivity index (χ4n) is 1.61. The summed E-state index contributed by atoms with van der Waals surface area (Å²) in [6.45, 7) is 0. The zero-order valence-corrected chi connectivity index (χ0v) is 9.60. The molecule has 2 aromatic carbocycles. The van der Waals surface area contributed by atoms with Crippen LogP contribution in [0.3, 0.4) is 0 Å². The highest BCUT2D eigenvalue weighted by molar-refractivity contribution is 9.10. The van der Waals surface area contributed by atoms with Crippen LogP contribution in [0.15, 0.2) is 40.3 Å². The fraction of sp³-hybridized carbons (Fsp3) is 0. The molecule has 1 heterocycles. The lowest BCUT2D eigenvalue weighted by molar-refractivity contribution is 1.51. The summed E-state index contributed by atoms with van der Waals surface area (Å²) >= 11 is 5.18. The molecule has 0 saturated heterocycles. The smallest absolute Gasteiger partial charge is 0.0818 e. The summed E-state index contributed by atoms with van der Waals surface area (Å²) in [6.07, 6.45) is 0. The first-order chi connectivity index (χ1) is 6.84. The van der Waals surface area contributed by atoms with E-state index in [2.05, 4.69) is 51.2 Å². The van der Waals surface area contributed by atoms with E-state index in [0.717, 1.165) is 9.99 Å². The van der Waals surface area contributed by atoms with Gasteiger partial charge in [-0.1, -0.05) is 28.1 Å². The van der Waals surface area contributed by atoms with Crippen LogP contribution >= 0.6 is 27.3 Å².